The quantitative estimate of drug-likeness (QED) is 0.653. The number of hydrogen-bond acceptors (Lipinski definition) is 2. The molecule has 5 N–H and O–H groups in total. The molecule has 0 aliphatic rings. The van der Waals surface area contributed by atoms with Crippen LogP contribution in [0, 0.1) is 0 Å². The fourth-order valence-electron chi connectivity index (χ4n) is 1.85. The van der Waals surface area contributed by atoms with Crippen LogP contribution in [0.15, 0.2) is 48.8 Å². The van der Waals surface area contributed by atoms with Gasteiger partial charge < -0.3 is 21.4 Å². The van der Waals surface area contributed by atoms with Gasteiger partial charge >= 0.3 is 6.03 Å². The van der Waals surface area contributed by atoms with Gasteiger partial charge in [0.05, 0.1) is 0 Å². The van der Waals surface area contributed by atoms with Gasteiger partial charge in [-0.3, -0.25) is 4.79 Å². The second-order valence-electron chi connectivity index (χ2n) is 4.29. The lowest BCUT2D eigenvalue weighted by Gasteiger charge is -2.17. The van der Waals surface area contributed by atoms with Crippen LogP contribution in [0.2, 0.25) is 0 Å². The highest BCUT2D eigenvalue weighted by molar-refractivity contribution is 5.87. The van der Waals surface area contributed by atoms with Gasteiger partial charge in [-0.1, -0.05) is 30.3 Å². The molecule has 6 heteroatoms. The fraction of sp³-hybridized carbons (Fsp3) is 0.143. The zero-order valence-electron chi connectivity index (χ0n) is 10.8. The Labute approximate surface area is 116 Å². The van der Waals surface area contributed by atoms with Crippen LogP contribution in [0.4, 0.5) is 4.79 Å². The summed E-state index contributed by atoms with van der Waals surface area (Å²) in [4.78, 5) is 26.1. The summed E-state index contributed by atoms with van der Waals surface area (Å²) in [6, 6.07) is 9.27. The maximum atomic E-state index is 12.2. The Hall–Kier alpha value is -2.76. The van der Waals surface area contributed by atoms with Crippen molar-refractivity contribution >= 4 is 11.9 Å². The van der Waals surface area contributed by atoms with Gasteiger partial charge in [0.25, 0.3) is 0 Å². The number of H-pyrrole nitrogens is 1. The summed E-state index contributed by atoms with van der Waals surface area (Å²) in [6.45, 7) is 0.381. The van der Waals surface area contributed by atoms with Crippen LogP contribution in [0.3, 0.4) is 0 Å². The molecule has 2 rings (SSSR count). The molecular weight excluding hydrogens is 256 g/mol. The van der Waals surface area contributed by atoms with E-state index in [9.17, 15) is 9.59 Å². The number of carbonyl (C=O) groups excluding carboxylic acids is 2. The number of rotatable bonds is 5. The number of carbonyl (C=O) groups is 2. The summed E-state index contributed by atoms with van der Waals surface area (Å²) in [7, 11) is 0. The van der Waals surface area contributed by atoms with Gasteiger partial charge in [0.1, 0.15) is 6.04 Å². The molecule has 0 saturated carbocycles. The van der Waals surface area contributed by atoms with Crippen LogP contribution in [0.1, 0.15) is 17.2 Å². The van der Waals surface area contributed by atoms with Crippen LogP contribution in [0.5, 0.6) is 0 Å². The average Bonchev–Trinajstić information content (AvgIpc) is 2.96. The molecule has 3 amide bonds. The predicted octanol–water partition coefficient (Wildman–Crippen LogP) is 1.04. The minimum atomic E-state index is -0.798. The van der Waals surface area contributed by atoms with Crippen molar-refractivity contribution in [3.05, 3.63) is 59.9 Å². The number of aromatic nitrogens is 1. The zero-order chi connectivity index (χ0) is 14.4. The first-order chi connectivity index (χ1) is 9.66. The summed E-state index contributed by atoms with van der Waals surface area (Å²) in [5, 5.41) is 5.20. The summed E-state index contributed by atoms with van der Waals surface area (Å²) < 4.78 is 0. The summed E-state index contributed by atoms with van der Waals surface area (Å²) in [5.41, 5.74) is 6.75. The second kappa shape index (κ2) is 6.42. The topological polar surface area (TPSA) is 100 Å². The van der Waals surface area contributed by atoms with E-state index in [0.29, 0.717) is 12.1 Å². The molecule has 1 aromatic carbocycles. The number of primary amides is 1. The van der Waals surface area contributed by atoms with E-state index < -0.39 is 12.1 Å². The SMILES string of the molecule is NC(=O)NC(C(=O)NCc1cc[nH]c1)c1ccccc1. The number of hydrogen-bond donors (Lipinski definition) is 4. The minimum Gasteiger partial charge on any atom is -0.367 e. The van der Waals surface area contributed by atoms with Gasteiger partial charge in [0.15, 0.2) is 0 Å². The van der Waals surface area contributed by atoms with Crippen molar-refractivity contribution in [1.82, 2.24) is 15.6 Å². The Balaban J connectivity index is 2.06. The summed E-state index contributed by atoms with van der Waals surface area (Å²) in [6.07, 6.45) is 3.57. The highest BCUT2D eigenvalue weighted by Crippen LogP contribution is 2.12. The average molecular weight is 272 g/mol. The van der Waals surface area contributed by atoms with Gasteiger partial charge in [-0.05, 0) is 17.2 Å². The third-order valence-corrected chi connectivity index (χ3v) is 2.81. The third-order valence-electron chi connectivity index (χ3n) is 2.81. The molecule has 0 saturated heterocycles. The van der Waals surface area contributed by atoms with Gasteiger partial charge in [-0.25, -0.2) is 4.79 Å². The van der Waals surface area contributed by atoms with Crippen molar-refractivity contribution in [3.8, 4) is 0 Å². The van der Waals surface area contributed by atoms with E-state index in [-0.39, 0.29) is 5.91 Å². The molecule has 0 fully saturated rings. The highest BCUT2D eigenvalue weighted by Gasteiger charge is 2.21. The van der Waals surface area contributed by atoms with Crippen molar-refractivity contribution in [2.24, 2.45) is 5.73 Å². The Morgan fingerprint density at radius 3 is 2.55 bits per heavy atom. The first-order valence-electron chi connectivity index (χ1n) is 6.17. The Bertz CT molecular complexity index is 566. The molecule has 20 heavy (non-hydrogen) atoms. The molecular formula is C14H16N4O2. The molecule has 1 atom stereocenters. The van der Waals surface area contributed by atoms with Crippen LogP contribution in [-0.2, 0) is 11.3 Å². The van der Waals surface area contributed by atoms with Crippen LogP contribution in [0.25, 0.3) is 0 Å². The summed E-state index contributed by atoms with van der Waals surface area (Å²) in [5.74, 6) is -0.309. The molecule has 2 aromatic rings. The van der Waals surface area contributed by atoms with E-state index in [2.05, 4.69) is 15.6 Å². The van der Waals surface area contributed by atoms with Crippen molar-refractivity contribution in [2.75, 3.05) is 0 Å². The Morgan fingerprint density at radius 2 is 1.95 bits per heavy atom. The highest BCUT2D eigenvalue weighted by atomic mass is 16.2. The molecule has 0 aliphatic carbocycles. The maximum Gasteiger partial charge on any atom is 0.313 e. The number of benzene rings is 1. The number of urea groups is 1. The van der Waals surface area contributed by atoms with E-state index in [1.165, 1.54) is 0 Å². The maximum absolute atomic E-state index is 12.2. The van der Waals surface area contributed by atoms with Crippen molar-refractivity contribution in [2.45, 2.75) is 12.6 Å². The molecule has 104 valence electrons. The van der Waals surface area contributed by atoms with Crippen molar-refractivity contribution < 1.29 is 9.59 Å². The Morgan fingerprint density at radius 1 is 1.20 bits per heavy atom. The first-order valence-corrected chi connectivity index (χ1v) is 6.17. The number of amides is 3. The normalized spacial score (nSPS) is 11.6. The molecule has 0 radical (unpaired) electrons. The molecule has 0 bridgehead atoms. The number of nitrogens with two attached hydrogens (primary N) is 1. The van der Waals surface area contributed by atoms with Crippen LogP contribution < -0.4 is 16.4 Å². The lowest BCUT2D eigenvalue weighted by molar-refractivity contribution is -0.123. The molecule has 0 aliphatic heterocycles. The second-order valence-corrected chi connectivity index (χ2v) is 4.29. The largest absolute Gasteiger partial charge is 0.367 e. The van der Waals surface area contributed by atoms with Gasteiger partial charge in [-0.15, -0.1) is 0 Å². The molecule has 1 unspecified atom stereocenters. The van der Waals surface area contributed by atoms with Crippen LogP contribution >= 0.6 is 0 Å². The lowest BCUT2D eigenvalue weighted by Crippen LogP contribution is -2.42. The Kier molecular flexibility index (Phi) is 4.39. The lowest BCUT2D eigenvalue weighted by atomic mass is 10.1. The van der Waals surface area contributed by atoms with Gasteiger partial charge in [0, 0.05) is 18.9 Å². The minimum absolute atomic E-state index is 0.309. The van der Waals surface area contributed by atoms with Crippen LogP contribution in [-0.4, -0.2) is 16.9 Å². The number of nitrogens with one attached hydrogen (secondary N) is 3. The van der Waals surface area contributed by atoms with Crippen molar-refractivity contribution in [1.29, 1.82) is 0 Å². The summed E-state index contributed by atoms with van der Waals surface area (Å²) >= 11 is 0. The standard InChI is InChI=1S/C14H16N4O2/c15-14(20)18-12(11-4-2-1-3-5-11)13(19)17-9-10-6-7-16-8-10/h1-8,12,16H,9H2,(H,17,19)(H3,15,18,20). The van der Waals surface area contributed by atoms with E-state index >= 15 is 0 Å². The zero-order valence-corrected chi connectivity index (χ0v) is 10.8. The third kappa shape index (κ3) is 3.61. The molecule has 6 nitrogen and oxygen atoms in total. The fourth-order valence-corrected chi connectivity index (χ4v) is 1.85. The van der Waals surface area contributed by atoms with E-state index in [0.717, 1.165) is 5.56 Å². The number of aromatic amines is 1. The van der Waals surface area contributed by atoms with E-state index in [4.69, 9.17) is 5.73 Å². The van der Waals surface area contributed by atoms with E-state index in [1.807, 2.05) is 12.1 Å². The predicted molar refractivity (Wildman–Crippen MR) is 74.5 cm³/mol. The molecule has 0 spiro atoms. The smallest absolute Gasteiger partial charge is 0.313 e. The monoisotopic (exact) mass is 272 g/mol. The van der Waals surface area contributed by atoms with E-state index in [1.54, 1.807) is 36.7 Å². The van der Waals surface area contributed by atoms with Gasteiger partial charge in [-0.2, -0.15) is 0 Å². The van der Waals surface area contributed by atoms with Gasteiger partial charge in [0.2, 0.25) is 5.91 Å². The van der Waals surface area contributed by atoms with Crippen molar-refractivity contribution in [3.63, 3.8) is 0 Å². The molecule has 1 heterocycles. The molecule has 1 aromatic heterocycles. The first kappa shape index (κ1) is 13.7.